The van der Waals surface area contributed by atoms with E-state index in [4.69, 9.17) is 4.74 Å². The Kier molecular flexibility index (Phi) is 2.21. The second-order valence-electron chi connectivity index (χ2n) is 3.80. The van der Waals surface area contributed by atoms with Crippen LogP contribution in [0, 0.1) is 5.92 Å². The highest BCUT2D eigenvalue weighted by Gasteiger charge is 2.33. The summed E-state index contributed by atoms with van der Waals surface area (Å²) >= 11 is 0. The Bertz CT molecular complexity index is 249. The Morgan fingerprint density at radius 1 is 1.46 bits per heavy atom. The van der Waals surface area contributed by atoms with Gasteiger partial charge in [0.05, 0.1) is 0 Å². The Morgan fingerprint density at radius 3 is 2.85 bits per heavy atom. The third-order valence-electron chi connectivity index (χ3n) is 2.83. The van der Waals surface area contributed by atoms with E-state index in [2.05, 4.69) is 18.7 Å². The zero-order valence-corrected chi connectivity index (χ0v) is 7.66. The summed E-state index contributed by atoms with van der Waals surface area (Å²) in [6.45, 7) is 3.69. The minimum absolute atomic E-state index is 0.102. The van der Waals surface area contributed by atoms with Crippen LogP contribution in [0.4, 0.5) is 0 Å². The smallest absolute Gasteiger partial charge is 0.333 e. The van der Waals surface area contributed by atoms with Crippen molar-refractivity contribution in [3.63, 3.8) is 0 Å². The molecule has 0 aromatic heterocycles. The van der Waals surface area contributed by atoms with Gasteiger partial charge < -0.3 is 4.74 Å². The van der Waals surface area contributed by atoms with E-state index in [1.165, 1.54) is 0 Å². The van der Waals surface area contributed by atoms with Crippen LogP contribution in [-0.4, -0.2) is 12.1 Å². The quantitative estimate of drug-likeness (QED) is 0.349. The summed E-state index contributed by atoms with van der Waals surface area (Å²) in [6, 6.07) is 0. The van der Waals surface area contributed by atoms with Crippen molar-refractivity contribution in [1.82, 2.24) is 0 Å². The normalized spacial score (nSPS) is 33.5. The van der Waals surface area contributed by atoms with Gasteiger partial charge in [-0.3, -0.25) is 0 Å². The van der Waals surface area contributed by atoms with Crippen LogP contribution in [0.15, 0.2) is 24.3 Å². The van der Waals surface area contributed by atoms with Gasteiger partial charge >= 0.3 is 5.97 Å². The number of esters is 1. The highest BCUT2D eigenvalue weighted by molar-refractivity contribution is 5.89. The first-order valence-corrected chi connectivity index (χ1v) is 4.81. The molecule has 1 fully saturated rings. The van der Waals surface area contributed by atoms with Crippen LogP contribution in [0.2, 0.25) is 0 Å². The molecule has 1 aliphatic carbocycles. The number of cyclic esters (lactones) is 1. The Hall–Kier alpha value is -1.05. The fraction of sp³-hybridized carbons (Fsp3) is 0.545. The van der Waals surface area contributed by atoms with Gasteiger partial charge in [0.2, 0.25) is 0 Å². The first-order valence-electron chi connectivity index (χ1n) is 4.81. The molecule has 0 saturated carbocycles. The van der Waals surface area contributed by atoms with Crippen molar-refractivity contribution < 1.29 is 9.53 Å². The number of ether oxygens (including phenoxy) is 1. The number of hydrogen-bond acceptors (Lipinski definition) is 2. The molecule has 0 N–H and O–H groups in total. The second-order valence-corrected chi connectivity index (χ2v) is 3.80. The predicted molar refractivity (Wildman–Crippen MR) is 50.1 cm³/mol. The molecule has 1 unspecified atom stereocenters. The van der Waals surface area contributed by atoms with Crippen molar-refractivity contribution in [1.29, 1.82) is 0 Å². The molecule has 2 heteroatoms. The Labute approximate surface area is 78.3 Å². The van der Waals surface area contributed by atoms with E-state index in [0.717, 1.165) is 25.7 Å². The summed E-state index contributed by atoms with van der Waals surface area (Å²) < 4.78 is 5.24. The van der Waals surface area contributed by atoms with E-state index in [1.54, 1.807) is 0 Å². The van der Waals surface area contributed by atoms with Crippen molar-refractivity contribution in [2.45, 2.75) is 31.8 Å². The van der Waals surface area contributed by atoms with E-state index in [1.807, 2.05) is 0 Å². The molecule has 2 atom stereocenters. The van der Waals surface area contributed by atoms with Crippen LogP contribution in [0.3, 0.4) is 0 Å². The largest absolute Gasteiger partial charge is 0.458 e. The second kappa shape index (κ2) is 3.36. The molecule has 2 rings (SSSR count). The van der Waals surface area contributed by atoms with Crippen molar-refractivity contribution in [2.75, 3.05) is 0 Å². The molecule has 0 radical (unpaired) electrons. The highest BCUT2D eigenvalue weighted by Crippen LogP contribution is 2.31. The standard InChI is InChI=1S/C11H14O2/c1-8-7-10(13-11(8)12)9-5-3-2-4-6-9/h2-3,9-10H,1,4-7H2/t9?,10-/m0/s1. The van der Waals surface area contributed by atoms with Gasteiger partial charge in [0, 0.05) is 17.9 Å². The van der Waals surface area contributed by atoms with Gasteiger partial charge in [0.1, 0.15) is 6.10 Å². The van der Waals surface area contributed by atoms with E-state index in [9.17, 15) is 4.79 Å². The van der Waals surface area contributed by atoms with Crippen molar-refractivity contribution in [2.24, 2.45) is 5.92 Å². The van der Waals surface area contributed by atoms with Gasteiger partial charge in [-0.05, 0) is 19.3 Å². The summed E-state index contributed by atoms with van der Waals surface area (Å²) in [5, 5.41) is 0. The van der Waals surface area contributed by atoms with E-state index >= 15 is 0 Å². The highest BCUT2D eigenvalue weighted by atomic mass is 16.5. The van der Waals surface area contributed by atoms with Gasteiger partial charge in [-0.2, -0.15) is 0 Å². The third kappa shape index (κ3) is 1.67. The van der Waals surface area contributed by atoms with Crippen molar-refractivity contribution in [3.05, 3.63) is 24.3 Å². The van der Waals surface area contributed by atoms with Gasteiger partial charge in [-0.15, -0.1) is 0 Å². The zero-order chi connectivity index (χ0) is 9.26. The molecule has 2 aliphatic rings. The van der Waals surface area contributed by atoms with Crippen LogP contribution in [-0.2, 0) is 9.53 Å². The topological polar surface area (TPSA) is 26.3 Å². The van der Waals surface area contributed by atoms with Crippen LogP contribution in [0.1, 0.15) is 25.7 Å². The lowest BCUT2D eigenvalue weighted by molar-refractivity contribution is -0.140. The van der Waals surface area contributed by atoms with E-state index in [-0.39, 0.29) is 12.1 Å². The molecule has 0 spiro atoms. The third-order valence-corrected chi connectivity index (χ3v) is 2.83. The maximum Gasteiger partial charge on any atom is 0.333 e. The molecule has 1 saturated heterocycles. The summed E-state index contributed by atoms with van der Waals surface area (Å²) in [4.78, 5) is 11.1. The molecule has 2 nitrogen and oxygen atoms in total. The maximum atomic E-state index is 11.1. The average molecular weight is 178 g/mol. The van der Waals surface area contributed by atoms with Crippen LogP contribution in [0.5, 0.6) is 0 Å². The molecule has 0 amide bonds. The first kappa shape index (κ1) is 8.54. The number of allylic oxidation sites excluding steroid dienone is 2. The monoisotopic (exact) mass is 178 g/mol. The fourth-order valence-corrected chi connectivity index (χ4v) is 2.01. The predicted octanol–water partition coefficient (Wildman–Crippen LogP) is 2.21. The molecule has 1 heterocycles. The lowest BCUT2D eigenvalue weighted by Crippen LogP contribution is -2.21. The van der Waals surface area contributed by atoms with Crippen LogP contribution < -0.4 is 0 Å². The van der Waals surface area contributed by atoms with Crippen molar-refractivity contribution >= 4 is 5.97 Å². The lowest BCUT2D eigenvalue weighted by Gasteiger charge is -2.22. The number of hydrogen-bond donors (Lipinski definition) is 0. The van der Waals surface area contributed by atoms with E-state index < -0.39 is 0 Å². The number of carbonyl (C=O) groups is 1. The zero-order valence-electron chi connectivity index (χ0n) is 7.66. The fourth-order valence-electron chi connectivity index (χ4n) is 2.01. The Balaban J connectivity index is 1.99. The molecule has 0 aromatic rings. The Morgan fingerprint density at radius 2 is 2.31 bits per heavy atom. The van der Waals surface area contributed by atoms with Crippen LogP contribution >= 0.6 is 0 Å². The van der Waals surface area contributed by atoms with E-state index in [0.29, 0.717) is 11.5 Å². The minimum atomic E-state index is -0.195. The summed E-state index contributed by atoms with van der Waals surface area (Å²) in [6.07, 6.45) is 8.52. The molecule has 0 aromatic carbocycles. The van der Waals surface area contributed by atoms with Gasteiger partial charge in [-0.1, -0.05) is 18.7 Å². The van der Waals surface area contributed by atoms with Crippen LogP contribution in [0.25, 0.3) is 0 Å². The van der Waals surface area contributed by atoms with Gasteiger partial charge in [0.25, 0.3) is 0 Å². The minimum Gasteiger partial charge on any atom is -0.458 e. The van der Waals surface area contributed by atoms with Gasteiger partial charge in [-0.25, -0.2) is 4.79 Å². The summed E-state index contributed by atoms with van der Waals surface area (Å²) in [5.74, 6) is 0.327. The molecule has 70 valence electrons. The molecule has 0 bridgehead atoms. The molecular formula is C11H14O2. The summed E-state index contributed by atoms with van der Waals surface area (Å²) in [7, 11) is 0. The SMILES string of the molecule is C=C1C[C@@H](C2CC=CCC2)OC1=O. The van der Waals surface area contributed by atoms with Gasteiger partial charge in [0.15, 0.2) is 0 Å². The molecule has 1 aliphatic heterocycles. The number of carbonyl (C=O) groups excluding carboxylic acids is 1. The number of rotatable bonds is 1. The maximum absolute atomic E-state index is 11.1. The molecule has 13 heavy (non-hydrogen) atoms. The summed E-state index contributed by atoms with van der Waals surface area (Å²) in [5.41, 5.74) is 0.638. The lowest BCUT2D eigenvalue weighted by atomic mass is 9.88. The molecular weight excluding hydrogens is 164 g/mol. The average Bonchev–Trinajstić information content (AvgIpc) is 2.49. The van der Waals surface area contributed by atoms with Crippen molar-refractivity contribution in [3.8, 4) is 0 Å². The first-order chi connectivity index (χ1) is 6.27.